The lowest BCUT2D eigenvalue weighted by Crippen LogP contribution is -3.18. The topological polar surface area (TPSA) is 75.6 Å². The molecule has 1 amide bonds. The number of ether oxygens (including phenoxy) is 1. The van der Waals surface area contributed by atoms with E-state index in [9.17, 15) is 13.6 Å². The molecule has 1 unspecified atom stereocenters. The fourth-order valence-corrected chi connectivity index (χ4v) is 8.09. The maximum atomic E-state index is 11.9. The molecule has 6 aliphatic carbocycles. The van der Waals surface area contributed by atoms with Crippen molar-refractivity contribution in [3.05, 3.63) is 0 Å². The van der Waals surface area contributed by atoms with Crippen LogP contribution in [0.1, 0.15) is 20.8 Å². The summed E-state index contributed by atoms with van der Waals surface area (Å²) in [6.45, 7) is 5.57. The summed E-state index contributed by atoms with van der Waals surface area (Å²) in [4.78, 5) is 11.9. The van der Waals surface area contributed by atoms with Crippen LogP contribution in [0.3, 0.4) is 0 Å². The summed E-state index contributed by atoms with van der Waals surface area (Å²) in [6, 6.07) is 0. The van der Waals surface area contributed by atoms with E-state index in [4.69, 9.17) is 4.74 Å². The Hall–Kier alpha value is -0.620. The minimum atomic E-state index is -1.68. The molecule has 0 heterocycles. The summed E-state index contributed by atoms with van der Waals surface area (Å²) in [5, 5.41) is 3.08. The third-order valence-corrected chi connectivity index (χ3v) is 7.98. The number of rotatable bonds is 2. The van der Waals surface area contributed by atoms with Crippen LogP contribution in [0.2, 0.25) is 0 Å². The summed E-state index contributed by atoms with van der Waals surface area (Å²) >= 11 is -1.68. The van der Waals surface area contributed by atoms with E-state index in [1.54, 1.807) is 0 Å². The van der Waals surface area contributed by atoms with Crippen LogP contribution in [-0.2, 0) is 15.8 Å². The SMILES string of the molecule is CC(C)(C)OC(=O)NC12C3C4C1C1C2C3C41S(=O)O. The van der Waals surface area contributed by atoms with Gasteiger partial charge in [0.15, 0.2) is 11.1 Å². The Labute approximate surface area is 113 Å². The van der Waals surface area contributed by atoms with E-state index >= 15 is 0 Å². The molecule has 0 aromatic heterocycles. The zero-order chi connectivity index (χ0) is 13.5. The first-order chi connectivity index (χ1) is 8.78. The first-order valence-corrected chi connectivity index (χ1v) is 8.00. The van der Waals surface area contributed by atoms with Crippen LogP contribution >= 0.6 is 0 Å². The molecule has 6 saturated carbocycles. The normalized spacial score (nSPS) is 62.3. The van der Waals surface area contributed by atoms with Gasteiger partial charge in [0.1, 0.15) is 5.60 Å². The van der Waals surface area contributed by atoms with Crippen LogP contribution < -0.4 is 5.32 Å². The van der Waals surface area contributed by atoms with Crippen molar-refractivity contribution in [3.8, 4) is 0 Å². The molecule has 0 aromatic carbocycles. The summed E-state index contributed by atoms with van der Waals surface area (Å²) < 4.78 is 26.1. The van der Waals surface area contributed by atoms with Crippen LogP contribution in [0.15, 0.2) is 0 Å². The van der Waals surface area contributed by atoms with Crippen LogP contribution in [0.4, 0.5) is 4.79 Å². The zero-order valence-electron chi connectivity index (χ0n) is 11.0. The molecule has 0 radical (unpaired) electrons. The number of carbonyl (C=O) groups excluding carboxylic acids is 1. The summed E-state index contributed by atoms with van der Waals surface area (Å²) in [6.07, 6.45) is -0.331. The average molecular weight is 283 g/mol. The molecule has 2 N–H and O–H groups in total. The van der Waals surface area contributed by atoms with Gasteiger partial charge >= 0.3 is 6.09 Å². The van der Waals surface area contributed by atoms with E-state index in [1.807, 2.05) is 20.8 Å². The molecular weight excluding hydrogens is 266 g/mol. The van der Waals surface area contributed by atoms with Crippen molar-refractivity contribution in [2.75, 3.05) is 0 Å². The highest BCUT2D eigenvalue weighted by molar-refractivity contribution is 7.81. The molecule has 0 bridgehead atoms. The van der Waals surface area contributed by atoms with Gasteiger partial charge in [-0.25, -0.2) is 9.00 Å². The number of carbonyl (C=O) groups is 1. The monoisotopic (exact) mass is 283 g/mol. The second kappa shape index (κ2) is 2.48. The average Bonchev–Trinajstić information content (AvgIpc) is 2.26. The van der Waals surface area contributed by atoms with Gasteiger partial charge in [0.2, 0.25) is 0 Å². The van der Waals surface area contributed by atoms with Crippen molar-refractivity contribution in [3.63, 3.8) is 0 Å². The molecule has 6 rings (SSSR count). The number of hydrogen-bond acceptors (Lipinski definition) is 3. The Morgan fingerprint density at radius 3 is 2.00 bits per heavy atom. The second-order valence-electron chi connectivity index (χ2n) is 7.82. The molecule has 6 heteroatoms. The van der Waals surface area contributed by atoms with E-state index in [0.29, 0.717) is 35.5 Å². The van der Waals surface area contributed by atoms with E-state index in [0.717, 1.165) is 0 Å². The van der Waals surface area contributed by atoms with E-state index in [-0.39, 0.29) is 16.4 Å². The van der Waals surface area contributed by atoms with Crippen molar-refractivity contribution < 1.29 is 18.3 Å². The van der Waals surface area contributed by atoms with Gasteiger partial charge in [0.05, 0.1) is 10.3 Å². The van der Waals surface area contributed by atoms with Crippen molar-refractivity contribution in [2.24, 2.45) is 35.5 Å². The largest absolute Gasteiger partial charge is 0.444 e. The molecule has 0 saturated heterocycles. The highest BCUT2D eigenvalue weighted by Gasteiger charge is 3.12. The van der Waals surface area contributed by atoms with Gasteiger partial charge < -0.3 is 14.6 Å². The lowest BCUT2D eigenvalue weighted by Gasteiger charge is -3.09. The molecule has 1 atom stereocenters. The zero-order valence-corrected chi connectivity index (χ0v) is 11.9. The highest BCUT2D eigenvalue weighted by Crippen LogP contribution is 3.04. The van der Waals surface area contributed by atoms with Gasteiger partial charge in [-0.1, -0.05) is 0 Å². The van der Waals surface area contributed by atoms with Crippen LogP contribution in [0.5, 0.6) is 0 Å². The van der Waals surface area contributed by atoms with Crippen molar-refractivity contribution in [1.82, 2.24) is 5.32 Å². The van der Waals surface area contributed by atoms with Crippen LogP contribution in [-0.4, -0.2) is 30.7 Å². The van der Waals surface area contributed by atoms with Gasteiger partial charge in [-0.05, 0) is 56.3 Å². The van der Waals surface area contributed by atoms with E-state index in [1.165, 1.54) is 0 Å². The standard InChI is InChI=1S/C13H17NO4S/c1-11(2,3)18-10(15)14-12-4-7-5(12)9-6(12)8(4)13(7,9)19(16)17/h4-9H,1-3H3,(H,14,15)(H,16,17). The molecular formula is C13H17NO4S. The molecule has 6 fully saturated rings. The summed E-state index contributed by atoms with van der Waals surface area (Å²) in [5.74, 6) is 2.55. The third kappa shape index (κ3) is 0.724. The van der Waals surface area contributed by atoms with E-state index < -0.39 is 16.7 Å². The minimum Gasteiger partial charge on any atom is -0.444 e. The van der Waals surface area contributed by atoms with Gasteiger partial charge in [0.25, 0.3) is 0 Å². The number of hydrogen-bond donors (Lipinski definition) is 2. The highest BCUT2D eigenvalue weighted by atomic mass is 32.2. The Balaban J connectivity index is 1.34. The molecule has 0 aromatic rings. The van der Waals surface area contributed by atoms with Gasteiger partial charge in [-0.3, -0.25) is 0 Å². The fraction of sp³-hybridized carbons (Fsp3) is 0.923. The van der Waals surface area contributed by atoms with Crippen molar-refractivity contribution >= 4 is 17.2 Å². The summed E-state index contributed by atoms with van der Waals surface area (Å²) in [5.41, 5.74) is -0.528. The molecule has 0 spiro atoms. The lowest BCUT2D eigenvalue weighted by atomic mass is 8.98. The van der Waals surface area contributed by atoms with Gasteiger partial charge in [-0.15, -0.1) is 0 Å². The summed E-state index contributed by atoms with van der Waals surface area (Å²) in [7, 11) is 0. The smallest absolute Gasteiger partial charge is 0.408 e. The van der Waals surface area contributed by atoms with Gasteiger partial charge in [0, 0.05) is 0 Å². The number of alkyl carbamates (subject to hydrolysis) is 1. The van der Waals surface area contributed by atoms with Crippen LogP contribution in [0.25, 0.3) is 0 Å². The Morgan fingerprint density at radius 1 is 1.16 bits per heavy atom. The van der Waals surface area contributed by atoms with Crippen molar-refractivity contribution in [1.29, 1.82) is 0 Å². The second-order valence-corrected chi connectivity index (χ2v) is 9.02. The Morgan fingerprint density at radius 2 is 1.63 bits per heavy atom. The minimum absolute atomic E-state index is 0.0521. The maximum absolute atomic E-state index is 11.9. The first-order valence-electron chi connectivity index (χ1n) is 6.90. The predicted molar refractivity (Wildman–Crippen MR) is 66.5 cm³/mol. The van der Waals surface area contributed by atoms with Crippen molar-refractivity contribution in [2.45, 2.75) is 36.7 Å². The Bertz CT molecular complexity index is 512. The van der Waals surface area contributed by atoms with Crippen LogP contribution in [0, 0.1) is 35.5 Å². The quantitative estimate of drug-likeness (QED) is 0.741. The predicted octanol–water partition coefficient (Wildman–Crippen LogP) is 0.976. The lowest BCUT2D eigenvalue weighted by molar-refractivity contribution is -0.560. The fourth-order valence-electron chi connectivity index (χ4n) is 6.51. The molecule has 6 aliphatic rings. The third-order valence-electron chi connectivity index (χ3n) is 6.56. The molecule has 19 heavy (non-hydrogen) atoms. The number of amides is 1. The first kappa shape index (κ1) is 11.1. The van der Waals surface area contributed by atoms with E-state index in [2.05, 4.69) is 5.32 Å². The van der Waals surface area contributed by atoms with Gasteiger partial charge in [-0.2, -0.15) is 0 Å². The molecule has 0 aliphatic heterocycles. The maximum Gasteiger partial charge on any atom is 0.408 e. The molecule has 104 valence electrons. The Kier molecular flexibility index (Phi) is 1.45. The number of nitrogens with one attached hydrogen (secondary N) is 1. The molecule has 5 nitrogen and oxygen atoms in total.